The van der Waals surface area contributed by atoms with Crippen LogP contribution in [-0.4, -0.2) is 26.1 Å². The predicted molar refractivity (Wildman–Crippen MR) is 98.4 cm³/mol. The maximum atomic E-state index is 12.1. The molecule has 2 aromatic rings. The minimum Gasteiger partial charge on any atom is -0.494 e. The van der Waals surface area contributed by atoms with Gasteiger partial charge in [0.15, 0.2) is 0 Å². The van der Waals surface area contributed by atoms with Crippen molar-refractivity contribution in [1.29, 1.82) is 0 Å². The molecular formula is C20H26N2O2. The summed E-state index contributed by atoms with van der Waals surface area (Å²) in [6, 6.07) is 17.8. The zero-order chi connectivity index (χ0) is 17.2. The second kappa shape index (κ2) is 9.60. The van der Waals surface area contributed by atoms with E-state index in [1.165, 1.54) is 0 Å². The summed E-state index contributed by atoms with van der Waals surface area (Å²) in [5, 5.41) is 2.96. The van der Waals surface area contributed by atoms with Gasteiger partial charge in [-0.25, -0.2) is 0 Å². The van der Waals surface area contributed by atoms with Crippen LogP contribution in [0, 0.1) is 0 Å². The van der Waals surface area contributed by atoms with Gasteiger partial charge >= 0.3 is 0 Å². The zero-order valence-corrected chi connectivity index (χ0v) is 14.5. The van der Waals surface area contributed by atoms with E-state index in [4.69, 9.17) is 4.74 Å². The monoisotopic (exact) mass is 326 g/mol. The van der Waals surface area contributed by atoms with Crippen molar-refractivity contribution >= 4 is 11.6 Å². The quantitative estimate of drug-likeness (QED) is 0.716. The average Bonchev–Trinajstić information content (AvgIpc) is 2.61. The molecule has 1 N–H and O–H groups in total. The number of para-hydroxylation sites is 1. The highest BCUT2D eigenvalue weighted by atomic mass is 16.5. The van der Waals surface area contributed by atoms with Crippen molar-refractivity contribution < 1.29 is 9.53 Å². The molecule has 24 heavy (non-hydrogen) atoms. The van der Waals surface area contributed by atoms with Crippen LogP contribution in [0.3, 0.4) is 0 Å². The van der Waals surface area contributed by atoms with E-state index in [0.29, 0.717) is 13.1 Å². The lowest BCUT2D eigenvalue weighted by Gasteiger charge is -2.18. The van der Waals surface area contributed by atoms with Gasteiger partial charge in [0.25, 0.3) is 0 Å². The first-order chi connectivity index (χ1) is 11.7. The summed E-state index contributed by atoms with van der Waals surface area (Å²) in [7, 11) is 1.91. The molecule has 0 aromatic heterocycles. The number of carbonyl (C=O) groups is 1. The largest absolute Gasteiger partial charge is 0.494 e. The lowest BCUT2D eigenvalue weighted by molar-refractivity contribution is -0.119. The highest BCUT2D eigenvalue weighted by Gasteiger charge is 2.07. The van der Waals surface area contributed by atoms with Crippen LogP contribution >= 0.6 is 0 Å². The molecule has 0 radical (unpaired) electrons. The van der Waals surface area contributed by atoms with Gasteiger partial charge < -0.3 is 15.0 Å². The van der Waals surface area contributed by atoms with Gasteiger partial charge in [-0.3, -0.25) is 4.79 Å². The van der Waals surface area contributed by atoms with Crippen molar-refractivity contribution in [2.45, 2.75) is 26.3 Å². The van der Waals surface area contributed by atoms with Crippen LogP contribution in [0.2, 0.25) is 0 Å². The van der Waals surface area contributed by atoms with Crippen LogP contribution in [0.15, 0.2) is 54.6 Å². The summed E-state index contributed by atoms with van der Waals surface area (Å²) >= 11 is 0. The molecule has 0 aliphatic rings. The molecule has 128 valence electrons. The number of unbranched alkanes of at least 4 members (excludes halogenated alkanes) is 1. The fourth-order valence-corrected chi connectivity index (χ4v) is 2.33. The average molecular weight is 326 g/mol. The van der Waals surface area contributed by atoms with Crippen LogP contribution in [0.5, 0.6) is 5.75 Å². The summed E-state index contributed by atoms with van der Waals surface area (Å²) in [6.07, 6.45) is 2.16. The topological polar surface area (TPSA) is 41.6 Å². The van der Waals surface area contributed by atoms with Gasteiger partial charge in [-0.05, 0) is 36.2 Å². The van der Waals surface area contributed by atoms with Crippen molar-refractivity contribution in [3.8, 4) is 5.75 Å². The molecule has 0 aliphatic heterocycles. The number of amides is 1. The van der Waals surface area contributed by atoms with Crippen LogP contribution < -0.4 is 15.0 Å². The molecule has 0 fully saturated rings. The van der Waals surface area contributed by atoms with E-state index in [-0.39, 0.29) is 5.91 Å². The number of ether oxygens (including phenoxy) is 1. The minimum absolute atomic E-state index is 0.00124. The molecular weight excluding hydrogens is 300 g/mol. The van der Waals surface area contributed by atoms with Gasteiger partial charge in [-0.2, -0.15) is 0 Å². The van der Waals surface area contributed by atoms with Crippen LogP contribution in [0.25, 0.3) is 0 Å². The Bertz CT molecular complexity index is 629. The Kier molecular flexibility index (Phi) is 7.15. The number of hydrogen-bond donors (Lipinski definition) is 1. The van der Waals surface area contributed by atoms with Crippen molar-refractivity contribution in [3.63, 3.8) is 0 Å². The molecule has 1 amide bonds. The third-order valence-electron chi connectivity index (χ3n) is 3.73. The van der Waals surface area contributed by atoms with E-state index in [2.05, 4.69) is 12.2 Å². The summed E-state index contributed by atoms with van der Waals surface area (Å²) in [5.41, 5.74) is 2.07. The standard InChI is InChI=1S/C20H26N2O2/c1-3-4-13-24-19-12-8-9-17(14-19)15-21-20(23)16-22(2)18-10-6-5-7-11-18/h5-12,14H,3-4,13,15-16H2,1-2H3,(H,21,23). The normalized spacial score (nSPS) is 10.2. The highest BCUT2D eigenvalue weighted by molar-refractivity contribution is 5.81. The third kappa shape index (κ3) is 5.95. The molecule has 4 heteroatoms. The Morgan fingerprint density at radius 1 is 1.12 bits per heavy atom. The summed E-state index contributed by atoms with van der Waals surface area (Å²) < 4.78 is 5.70. The van der Waals surface area contributed by atoms with Gasteiger partial charge in [-0.15, -0.1) is 0 Å². The van der Waals surface area contributed by atoms with E-state index in [0.717, 1.165) is 36.4 Å². The number of carbonyl (C=O) groups excluding carboxylic acids is 1. The smallest absolute Gasteiger partial charge is 0.239 e. The Morgan fingerprint density at radius 3 is 2.67 bits per heavy atom. The molecule has 0 unspecified atom stereocenters. The lowest BCUT2D eigenvalue weighted by atomic mass is 10.2. The molecule has 2 rings (SSSR count). The van der Waals surface area contributed by atoms with Gasteiger partial charge in [0, 0.05) is 19.3 Å². The van der Waals surface area contributed by atoms with E-state index in [9.17, 15) is 4.79 Å². The van der Waals surface area contributed by atoms with E-state index >= 15 is 0 Å². The number of likely N-dealkylation sites (N-methyl/N-ethyl adjacent to an activating group) is 1. The Labute approximate surface area is 144 Å². The number of nitrogens with zero attached hydrogens (tertiary/aromatic N) is 1. The van der Waals surface area contributed by atoms with Crippen molar-refractivity contribution in [2.75, 3.05) is 25.1 Å². The summed E-state index contributed by atoms with van der Waals surface area (Å²) in [4.78, 5) is 14.0. The molecule has 0 spiro atoms. The van der Waals surface area contributed by atoms with E-state index in [1.54, 1.807) is 0 Å². The number of rotatable bonds is 9. The summed E-state index contributed by atoms with van der Waals surface area (Å²) in [5.74, 6) is 0.857. The maximum absolute atomic E-state index is 12.1. The molecule has 0 saturated carbocycles. The molecule has 4 nitrogen and oxygen atoms in total. The molecule has 0 saturated heterocycles. The number of nitrogens with one attached hydrogen (secondary N) is 1. The first-order valence-corrected chi connectivity index (χ1v) is 8.43. The second-order valence-corrected chi connectivity index (χ2v) is 5.82. The first kappa shape index (κ1) is 17.9. The number of hydrogen-bond acceptors (Lipinski definition) is 3. The van der Waals surface area contributed by atoms with Gasteiger partial charge in [0.05, 0.1) is 13.2 Å². The Balaban J connectivity index is 1.80. The number of benzene rings is 2. The van der Waals surface area contributed by atoms with Gasteiger partial charge in [0.2, 0.25) is 5.91 Å². The van der Waals surface area contributed by atoms with Crippen molar-refractivity contribution in [2.24, 2.45) is 0 Å². The maximum Gasteiger partial charge on any atom is 0.239 e. The fraction of sp³-hybridized carbons (Fsp3) is 0.350. The van der Waals surface area contributed by atoms with Gasteiger partial charge in [-0.1, -0.05) is 43.7 Å². The van der Waals surface area contributed by atoms with Crippen LogP contribution in [-0.2, 0) is 11.3 Å². The Hall–Kier alpha value is -2.49. The highest BCUT2D eigenvalue weighted by Crippen LogP contribution is 2.14. The third-order valence-corrected chi connectivity index (χ3v) is 3.73. The van der Waals surface area contributed by atoms with Crippen molar-refractivity contribution in [3.05, 3.63) is 60.2 Å². The number of anilines is 1. The lowest BCUT2D eigenvalue weighted by Crippen LogP contribution is -2.34. The molecule has 0 heterocycles. The van der Waals surface area contributed by atoms with E-state index < -0.39 is 0 Å². The van der Waals surface area contributed by atoms with Crippen molar-refractivity contribution in [1.82, 2.24) is 5.32 Å². The van der Waals surface area contributed by atoms with Gasteiger partial charge in [0.1, 0.15) is 5.75 Å². The molecule has 0 atom stereocenters. The molecule has 0 bridgehead atoms. The predicted octanol–water partition coefficient (Wildman–Crippen LogP) is 3.62. The van der Waals surface area contributed by atoms with Crippen LogP contribution in [0.1, 0.15) is 25.3 Å². The zero-order valence-electron chi connectivity index (χ0n) is 14.5. The SMILES string of the molecule is CCCCOc1cccc(CNC(=O)CN(C)c2ccccc2)c1. The minimum atomic E-state index is -0.00124. The Morgan fingerprint density at radius 2 is 1.92 bits per heavy atom. The molecule has 0 aliphatic carbocycles. The summed E-state index contributed by atoms with van der Waals surface area (Å²) in [6.45, 7) is 3.71. The molecule has 2 aromatic carbocycles. The van der Waals surface area contributed by atoms with E-state index in [1.807, 2.05) is 66.5 Å². The first-order valence-electron chi connectivity index (χ1n) is 8.43. The second-order valence-electron chi connectivity index (χ2n) is 5.82. The fourth-order valence-electron chi connectivity index (χ4n) is 2.33. The van der Waals surface area contributed by atoms with Crippen LogP contribution in [0.4, 0.5) is 5.69 Å².